The lowest BCUT2D eigenvalue weighted by Gasteiger charge is -2.34. The Labute approximate surface area is 140 Å². The van der Waals surface area contributed by atoms with Gasteiger partial charge in [-0.15, -0.1) is 12.4 Å². The number of rotatable bonds is 4. The van der Waals surface area contributed by atoms with Crippen LogP contribution >= 0.6 is 12.4 Å². The molecule has 0 aliphatic carbocycles. The third kappa shape index (κ3) is 3.98. The Morgan fingerprint density at radius 2 is 1.96 bits per heavy atom. The van der Waals surface area contributed by atoms with E-state index < -0.39 is 25.4 Å². The van der Waals surface area contributed by atoms with Crippen molar-refractivity contribution in [3.05, 3.63) is 34.4 Å². The molecule has 0 atom stereocenters. The van der Waals surface area contributed by atoms with Crippen LogP contribution in [0.4, 0.5) is 11.4 Å². The normalized spacial score (nSPS) is 16.9. The van der Waals surface area contributed by atoms with Crippen LogP contribution in [0, 0.1) is 10.1 Å². The van der Waals surface area contributed by atoms with Crippen molar-refractivity contribution in [1.29, 1.82) is 0 Å². The number of benzene rings is 1. The smallest absolute Gasteiger partial charge is 0.271 e. The molecule has 0 bridgehead atoms. The Morgan fingerprint density at radius 1 is 1.35 bits per heavy atom. The highest BCUT2D eigenvalue weighted by molar-refractivity contribution is 7.92. The van der Waals surface area contributed by atoms with Crippen LogP contribution in [0.5, 0.6) is 0 Å². The van der Waals surface area contributed by atoms with Crippen LogP contribution in [0.2, 0.25) is 0 Å². The van der Waals surface area contributed by atoms with E-state index in [4.69, 9.17) is 0 Å². The number of sulfone groups is 1. The molecule has 1 aliphatic rings. The molecule has 2 N–H and O–H groups in total. The van der Waals surface area contributed by atoms with Crippen LogP contribution in [0.25, 0.3) is 0 Å². The van der Waals surface area contributed by atoms with Gasteiger partial charge in [0.1, 0.15) is 0 Å². The van der Waals surface area contributed by atoms with Gasteiger partial charge in [0.2, 0.25) is 5.91 Å². The van der Waals surface area contributed by atoms with Crippen LogP contribution < -0.4 is 10.6 Å². The van der Waals surface area contributed by atoms with Crippen molar-refractivity contribution in [2.45, 2.75) is 17.6 Å². The summed E-state index contributed by atoms with van der Waals surface area (Å²) in [4.78, 5) is 22.7. The lowest BCUT2D eigenvalue weighted by atomic mass is 9.95. The van der Waals surface area contributed by atoms with E-state index in [9.17, 15) is 23.3 Å². The van der Waals surface area contributed by atoms with Gasteiger partial charge in [-0.2, -0.15) is 0 Å². The van der Waals surface area contributed by atoms with Crippen molar-refractivity contribution in [2.75, 3.05) is 24.7 Å². The molecule has 0 radical (unpaired) electrons. The number of nitro groups is 1. The van der Waals surface area contributed by atoms with Crippen LogP contribution in [0.15, 0.2) is 24.3 Å². The lowest BCUT2D eigenvalue weighted by molar-refractivity contribution is -0.384. The summed E-state index contributed by atoms with van der Waals surface area (Å²) in [6.45, 7) is 0.852. The molecule has 1 saturated heterocycles. The molecule has 1 fully saturated rings. The number of hydrogen-bond acceptors (Lipinski definition) is 6. The lowest BCUT2D eigenvalue weighted by Crippen LogP contribution is -2.55. The molecule has 0 unspecified atom stereocenters. The van der Waals surface area contributed by atoms with E-state index in [1.807, 2.05) is 0 Å². The summed E-state index contributed by atoms with van der Waals surface area (Å²) in [5, 5.41) is 16.3. The van der Waals surface area contributed by atoms with Gasteiger partial charge in [-0.1, -0.05) is 6.07 Å². The zero-order valence-electron chi connectivity index (χ0n) is 12.4. The number of nitrogens with one attached hydrogen (secondary N) is 2. The summed E-state index contributed by atoms with van der Waals surface area (Å²) in [6.07, 6.45) is 1.39. The van der Waals surface area contributed by atoms with Crippen LogP contribution in [0.1, 0.15) is 12.8 Å². The molecule has 10 heteroatoms. The highest BCUT2D eigenvalue weighted by atomic mass is 35.5. The maximum absolute atomic E-state index is 12.5. The van der Waals surface area contributed by atoms with E-state index in [-0.39, 0.29) is 36.6 Å². The van der Waals surface area contributed by atoms with Gasteiger partial charge >= 0.3 is 0 Å². The molecule has 128 valence electrons. The second-order valence-corrected chi connectivity index (χ2v) is 7.60. The highest BCUT2D eigenvalue weighted by Crippen LogP contribution is 2.30. The largest absolute Gasteiger partial charge is 0.324 e. The topological polar surface area (TPSA) is 118 Å². The van der Waals surface area contributed by atoms with Crippen LogP contribution in [-0.4, -0.2) is 43.3 Å². The number of nitro benzene ring substituents is 1. The van der Waals surface area contributed by atoms with E-state index in [2.05, 4.69) is 10.6 Å². The van der Waals surface area contributed by atoms with Gasteiger partial charge in [0.25, 0.3) is 5.69 Å². The first kappa shape index (κ1) is 19.3. The number of nitrogens with zero attached hydrogens (tertiary/aromatic N) is 1. The molecule has 1 heterocycles. The van der Waals surface area contributed by atoms with Crippen molar-refractivity contribution in [2.24, 2.45) is 0 Å². The fourth-order valence-corrected chi connectivity index (χ4v) is 3.87. The maximum Gasteiger partial charge on any atom is 0.271 e. The van der Waals surface area contributed by atoms with Gasteiger partial charge in [0, 0.05) is 24.1 Å². The number of anilines is 1. The Bertz CT molecular complexity index is 701. The van der Waals surface area contributed by atoms with E-state index in [1.54, 1.807) is 0 Å². The highest BCUT2D eigenvalue weighted by Gasteiger charge is 2.48. The number of piperidine rings is 1. The van der Waals surface area contributed by atoms with E-state index >= 15 is 0 Å². The first-order valence-electron chi connectivity index (χ1n) is 6.72. The minimum Gasteiger partial charge on any atom is -0.324 e. The number of halogens is 1. The molecule has 0 spiro atoms. The monoisotopic (exact) mass is 363 g/mol. The predicted octanol–water partition coefficient (Wildman–Crippen LogP) is 1.12. The minimum absolute atomic E-state index is 0. The maximum atomic E-state index is 12.5. The Morgan fingerprint density at radius 3 is 2.48 bits per heavy atom. The van der Waals surface area contributed by atoms with Gasteiger partial charge in [0.05, 0.1) is 4.92 Å². The van der Waals surface area contributed by atoms with Gasteiger partial charge < -0.3 is 10.6 Å². The summed E-state index contributed by atoms with van der Waals surface area (Å²) >= 11 is 0. The molecule has 2 rings (SSSR count). The molecular weight excluding hydrogens is 346 g/mol. The third-order valence-electron chi connectivity index (χ3n) is 3.85. The second kappa shape index (κ2) is 7.24. The fourth-order valence-electron chi connectivity index (χ4n) is 2.54. The zero-order valence-corrected chi connectivity index (χ0v) is 14.1. The molecular formula is C13H18ClN3O5S. The Balaban J connectivity index is 0.00000264. The number of hydrogen-bond donors (Lipinski definition) is 2. The van der Waals surface area contributed by atoms with E-state index in [1.165, 1.54) is 24.3 Å². The molecule has 1 aromatic rings. The van der Waals surface area contributed by atoms with Crippen molar-refractivity contribution >= 4 is 39.5 Å². The van der Waals surface area contributed by atoms with Gasteiger partial charge in [0.15, 0.2) is 14.6 Å². The van der Waals surface area contributed by atoms with Crippen molar-refractivity contribution in [3.63, 3.8) is 0 Å². The molecule has 0 saturated carbocycles. The quantitative estimate of drug-likeness (QED) is 0.611. The van der Waals surface area contributed by atoms with Gasteiger partial charge in [-0.3, -0.25) is 14.9 Å². The number of amides is 1. The Hall–Kier alpha value is -1.71. The molecule has 8 nitrogen and oxygen atoms in total. The molecule has 1 amide bonds. The summed E-state index contributed by atoms with van der Waals surface area (Å²) in [5.41, 5.74) is 0.0391. The predicted molar refractivity (Wildman–Crippen MR) is 88.7 cm³/mol. The third-order valence-corrected chi connectivity index (χ3v) is 5.86. The second-order valence-electron chi connectivity index (χ2n) is 5.28. The zero-order chi connectivity index (χ0) is 16.4. The summed E-state index contributed by atoms with van der Waals surface area (Å²) in [5.74, 6) is -0.642. The molecule has 1 aromatic carbocycles. The van der Waals surface area contributed by atoms with E-state index in [0.717, 1.165) is 6.26 Å². The van der Waals surface area contributed by atoms with E-state index in [0.29, 0.717) is 13.1 Å². The first-order chi connectivity index (χ1) is 10.3. The number of non-ortho nitro benzene ring substituents is 1. The van der Waals surface area contributed by atoms with Crippen molar-refractivity contribution in [1.82, 2.24) is 5.32 Å². The van der Waals surface area contributed by atoms with Crippen molar-refractivity contribution in [3.8, 4) is 0 Å². The molecule has 0 aromatic heterocycles. The standard InChI is InChI=1S/C13H17N3O5S.ClH/c1-22(20,21)13(5-7-14-8-6-13)12(17)15-10-3-2-4-11(9-10)16(18)19;/h2-4,9,14H,5-8H2,1H3,(H,15,17);1H. The average Bonchev–Trinajstić information content (AvgIpc) is 2.47. The molecule has 1 aliphatic heterocycles. The number of carbonyl (C=O) groups is 1. The Kier molecular flexibility index (Phi) is 6.09. The van der Waals surface area contributed by atoms with Crippen LogP contribution in [-0.2, 0) is 14.6 Å². The minimum atomic E-state index is -3.62. The molecule has 23 heavy (non-hydrogen) atoms. The SMILES string of the molecule is CS(=O)(=O)C1(C(=O)Nc2cccc([N+](=O)[O-])c2)CCNCC1.Cl. The summed E-state index contributed by atoms with van der Waals surface area (Å²) in [7, 11) is -3.62. The number of carbonyl (C=O) groups excluding carboxylic acids is 1. The van der Waals surface area contributed by atoms with Gasteiger partial charge in [-0.05, 0) is 32.0 Å². The first-order valence-corrected chi connectivity index (χ1v) is 8.62. The van der Waals surface area contributed by atoms with Crippen molar-refractivity contribution < 1.29 is 18.1 Å². The summed E-state index contributed by atoms with van der Waals surface area (Å²) in [6, 6.07) is 5.42. The van der Waals surface area contributed by atoms with Crippen LogP contribution in [0.3, 0.4) is 0 Å². The van der Waals surface area contributed by atoms with Gasteiger partial charge in [-0.25, -0.2) is 8.42 Å². The summed E-state index contributed by atoms with van der Waals surface area (Å²) < 4.78 is 22.7. The fraction of sp³-hybridized carbons (Fsp3) is 0.462. The average molecular weight is 364 g/mol.